The van der Waals surface area contributed by atoms with Crippen LogP contribution in [0, 0.1) is 0 Å². The topological polar surface area (TPSA) is 28.2 Å². The summed E-state index contributed by atoms with van der Waals surface area (Å²) in [6, 6.07) is 3.79. The summed E-state index contributed by atoms with van der Waals surface area (Å²) in [6.45, 7) is 7.26. The van der Waals surface area contributed by atoms with Crippen molar-refractivity contribution in [2.24, 2.45) is 0 Å². The van der Waals surface area contributed by atoms with Gasteiger partial charge in [0.2, 0.25) is 0 Å². The van der Waals surface area contributed by atoms with Crippen molar-refractivity contribution in [3.63, 3.8) is 0 Å². The highest BCUT2D eigenvalue weighted by molar-refractivity contribution is 6.31. The third-order valence-corrected chi connectivity index (χ3v) is 2.88. The Kier molecular flexibility index (Phi) is 5.56. The van der Waals surface area contributed by atoms with Crippen molar-refractivity contribution in [2.45, 2.75) is 26.8 Å². The van der Waals surface area contributed by atoms with Crippen molar-refractivity contribution >= 4 is 17.4 Å². The summed E-state index contributed by atoms with van der Waals surface area (Å²) in [5.41, 5.74) is 0.948. The van der Waals surface area contributed by atoms with Gasteiger partial charge in [0.25, 0.3) is 0 Å². The lowest BCUT2D eigenvalue weighted by molar-refractivity contribution is 0.277. The second-order valence-corrected chi connectivity index (χ2v) is 4.15. The Balaban J connectivity index is 2.77. The summed E-state index contributed by atoms with van der Waals surface area (Å²) in [4.78, 5) is 6.82. The van der Waals surface area contributed by atoms with Gasteiger partial charge in [0, 0.05) is 13.6 Å². The highest BCUT2D eigenvalue weighted by Crippen LogP contribution is 2.18. The van der Waals surface area contributed by atoms with Crippen LogP contribution in [0.1, 0.15) is 26.0 Å². The molecule has 1 aromatic heterocycles. The summed E-state index contributed by atoms with van der Waals surface area (Å²) in [5.74, 6) is 0.868. The minimum Gasteiger partial charge on any atom is -0.373 e. The smallest absolute Gasteiger partial charge is 0.126 e. The summed E-state index contributed by atoms with van der Waals surface area (Å²) in [7, 11) is 1.86. The van der Waals surface area contributed by atoms with Gasteiger partial charge in [-0.2, -0.15) is 0 Å². The Hall–Kier alpha value is -0.800. The van der Waals surface area contributed by atoms with Gasteiger partial charge in [-0.3, -0.25) is 4.90 Å². The van der Waals surface area contributed by atoms with Crippen molar-refractivity contribution in [2.75, 3.05) is 25.5 Å². The minimum atomic E-state index is 0.744. The Morgan fingerprint density at radius 1 is 1.38 bits per heavy atom. The first-order valence-corrected chi connectivity index (χ1v) is 6.14. The van der Waals surface area contributed by atoms with E-state index in [1.54, 1.807) is 0 Å². The van der Waals surface area contributed by atoms with Gasteiger partial charge in [0.15, 0.2) is 0 Å². The van der Waals surface area contributed by atoms with Crippen molar-refractivity contribution in [3.8, 4) is 0 Å². The zero-order chi connectivity index (χ0) is 12.0. The molecule has 1 rings (SSSR count). The maximum Gasteiger partial charge on any atom is 0.126 e. The van der Waals surface area contributed by atoms with Crippen LogP contribution in [0.2, 0.25) is 5.02 Å². The molecule has 4 heteroatoms. The van der Waals surface area contributed by atoms with Gasteiger partial charge in [0.05, 0.1) is 10.7 Å². The van der Waals surface area contributed by atoms with Gasteiger partial charge in [-0.15, -0.1) is 0 Å². The third-order valence-electron chi connectivity index (χ3n) is 2.54. The molecule has 0 aliphatic heterocycles. The SMILES string of the molecule is CCCN(CC)Cc1nc(NC)ccc1Cl. The molecule has 0 fully saturated rings. The van der Waals surface area contributed by atoms with E-state index in [4.69, 9.17) is 11.6 Å². The first-order chi connectivity index (χ1) is 7.71. The first-order valence-electron chi connectivity index (χ1n) is 5.76. The van der Waals surface area contributed by atoms with Crippen LogP contribution in [0.15, 0.2) is 12.1 Å². The summed E-state index contributed by atoms with van der Waals surface area (Å²) in [6.07, 6.45) is 1.15. The molecule has 0 aliphatic rings. The maximum atomic E-state index is 6.14. The predicted molar refractivity (Wildman–Crippen MR) is 70.0 cm³/mol. The molecule has 0 unspecified atom stereocenters. The summed E-state index contributed by atoms with van der Waals surface area (Å²) < 4.78 is 0. The molecular formula is C12H20ClN3. The van der Waals surface area contributed by atoms with E-state index in [1.165, 1.54) is 0 Å². The number of pyridine rings is 1. The van der Waals surface area contributed by atoms with Gasteiger partial charge in [-0.1, -0.05) is 25.4 Å². The molecule has 90 valence electrons. The molecule has 1 N–H and O–H groups in total. The standard InChI is InChI=1S/C12H20ClN3/c1-4-8-16(5-2)9-11-10(13)6-7-12(14-3)15-11/h6-7H,4-5,8-9H2,1-3H3,(H,14,15). The third kappa shape index (κ3) is 3.65. The monoisotopic (exact) mass is 241 g/mol. The molecule has 3 nitrogen and oxygen atoms in total. The highest BCUT2D eigenvalue weighted by Gasteiger charge is 2.08. The fraction of sp³-hybridized carbons (Fsp3) is 0.583. The van der Waals surface area contributed by atoms with E-state index < -0.39 is 0 Å². The number of aromatic nitrogens is 1. The van der Waals surface area contributed by atoms with Crippen LogP contribution < -0.4 is 5.32 Å². The molecule has 0 atom stereocenters. The molecule has 0 saturated carbocycles. The molecule has 0 saturated heterocycles. The molecular weight excluding hydrogens is 222 g/mol. The first kappa shape index (κ1) is 13.3. The van der Waals surface area contributed by atoms with E-state index in [0.717, 1.165) is 42.6 Å². The molecule has 0 radical (unpaired) electrons. The molecule has 0 aliphatic carbocycles. The Morgan fingerprint density at radius 3 is 2.69 bits per heavy atom. The second-order valence-electron chi connectivity index (χ2n) is 3.74. The molecule has 1 aromatic rings. The highest BCUT2D eigenvalue weighted by atomic mass is 35.5. The van der Waals surface area contributed by atoms with Crippen LogP contribution >= 0.6 is 11.6 Å². The van der Waals surface area contributed by atoms with Crippen LogP contribution in [0.3, 0.4) is 0 Å². The van der Waals surface area contributed by atoms with E-state index in [9.17, 15) is 0 Å². The van der Waals surface area contributed by atoms with Gasteiger partial charge < -0.3 is 5.32 Å². The zero-order valence-electron chi connectivity index (χ0n) is 10.3. The number of hydrogen-bond donors (Lipinski definition) is 1. The minimum absolute atomic E-state index is 0.744. The van der Waals surface area contributed by atoms with E-state index in [2.05, 4.69) is 29.0 Å². The van der Waals surface area contributed by atoms with Gasteiger partial charge in [-0.25, -0.2) is 4.98 Å². The largest absolute Gasteiger partial charge is 0.373 e. The number of hydrogen-bond acceptors (Lipinski definition) is 3. The second kappa shape index (κ2) is 6.71. The maximum absolute atomic E-state index is 6.14. The normalized spacial score (nSPS) is 10.8. The quantitative estimate of drug-likeness (QED) is 0.830. The number of rotatable bonds is 6. The lowest BCUT2D eigenvalue weighted by Gasteiger charge is -2.19. The fourth-order valence-corrected chi connectivity index (χ4v) is 1.78. The van der Waals surface area contributed by atoms with E-state index in [1.807, 2.05) is 19.2 Å². The van der Waals surface area contributed by atoms with Gasteiger partial charge >= 0.3 is 0 Å². The molecule has 1 heterocycles. The Morgan fingerprint density at radius 2 is 2.12 bits per heavy atom. The Labute approximate surface area is 103 Å². The molecule has 0 spiro atoms. The number of anilines is 1. The number of nitrogens with zero attached hydrogens (tertiary/aromatic N) is 2. The van der Waals surface area contributed by atoms with Crippen LogP contribution in [0.4, 0.5) is 5.82 Å². The average molecular weight is 242 g/mol. The fourth-order valence-electron chi connectivity index (χ4n) is 1.61. The predicted octanol–water partition coefficient (Wildman–Crippen LogP) is 3.01. The van der Waals surface area contributed by atoms with E-state index >= 15 is 0 Å². The summed E-state index contributed by atoms with van der Waals surface area (Å²) in [5, 5.41) is 3.77. The number of nitrogens with one attached hydrogen (secondary N) is 1. The average Bonchev–Trinajstić information content (AvgIpc) is 2.31. The van der Waals surface area contributed by atoms with Crippen LogP contribution in [0.5, 0.6) is 0 Å². The van der Waals surface area contributed by atoms with Crippen LogP contribution in [-0.4, -0.2) is 30.0 Å². The molecule has 16 heavy (non-hydrogen) atoms. The van der Waals surface area contributed by atoms with Crippen molar-refractivity contribution < 1.29 is 0 Å². The molecule has 0 bridgehead atoms. The molecule has 0 amide bonds. The van der Waals surface area contributed by atoms with Crippen LogP contribution in [-0.2, 0) is 6.54 Å². The van der Waals surface area contributed by atoms with Gasteiger partial charge in [-0.05, 0) is 31.6 Å². The lowest BCUT2D eigenvalue weighted by atomic mass is 10.3. The zero-order valence-corrected chi connectivity index (χ0v) is 11.0. The lowest BCUT2D eigenvalue weighted by Crippen LogP contribution is -2.24. The number of halogens is 1. The van der Waals surface area contributed by atoms with E-state index in [0.29, 0.717) is 0 Å². The van der Waals surface area contributed by atoms with Gasteiger partial charge in [0.1, 0.15) is 5.82 Å². The summed E-state index contributed by atoms with van der Waals surface area (Å²) >= 11 is 6.14. The van der Waals surface area contributed by atoms with E-state index in [-0.39, 0.29) is 0 Å². The van der Waals surface area contributed by atoms with Crippen molar-refractivity contribution in [3.05, 3.63) is 22.8 Å². The van der Waals surface area contributed by atoms with Crippen molar-refractivity contribution in [1.82, 2.24) is 9.88 Å². The molecule has 0 aromatic carbocycles. The van der Waals surface area contributed by atoms with Crippen molar-refractivity contribution in [1.29, 1.82) is 0 Å². The van der Waals surface area contributed by atoms with Crippen LogP contribution in [0.25, 0.3) is 0 Å². The Bertz CT molecular complexity index is 328.